The highest BCUT2D eigenvalue weighted by Crippen LogP contribution is 2.21. The normalized spacial score (nSPS) is 17.5. The van der Waals surface area contributed by atoms with Gasteiger partial charge in [-0.05, 0) is 20.8 Å². The zero-order valence-corrected chi connectivity index (χ0v) is 7.87. The fourth-order valence-electron chi connectivity index (χ4n) is 0.687. The van der Waals surface area contributed by atoms with E-state index in [0.717, 1.165) is 0 Å². The molecule has 0 saturated heterocycles. The first-order valence-corrected chi connectivity index (χ1v) is 4.01. The van der Waals surface area contributed by atoms with Crippen LogP contribution in [0.4, 0.5) is 0 Å². The van der Waals surface area contributed by atoms with Crippen molar-refractivity contribution in [1.29, 1.82) is 0 Å². The molecule has 0 amide bonds. The lowest BCUT2D eigenvalue weighted by molar-refractivity contribution is -0.182. The summed E-state index contributed by atoms with van der Waals surface area (Å²) in [5.41, 5.74) is -2.94. The highest BCUT2D eigenvalue weighted by atomic mass is 16.5. The highest BCUT2D eigenvalue weighted by molar-refractivity contribution is 4.93. The van der Waals surface area contributed by atoms with Crippen molar-refractivity contribution in [2.24, 2.45) is 0 Å². The lowest BCUT2D eigenvalue weighted by Crippen LogP contribution is -2.56. The molecule has 4 nitrogen and oxygen atoms in total. The predicted molar refractivity (Wildman–Crippen MR) is 44.8 cm³/mol. The maximum atomic E-state index is 9.66. The molecule has 1 unspecified atom stereocenters. The zero-order valence-electron chi connectivity index (χ0n) is 7.87. The van der Waals surface area contributed by atoms with E-state index in [4.69, 9.17) is 9.84 Å². The van der Waals surface area contributed by atoms with Gasteiger partial charge in [0.1, 0.15) is 5.60 Å². The quantitative estimate of drug-likeness (QED) is 0.531. The molecule has 0 aromatic carbocycles. The first-order valence-electron chi connectivity index (χ1n) is 4.01. The van der Waals surface area contributed by atoms with E-state index in [9.17, 15) is 10.2 Å². The second-order valence-electron chi connectivity index (χ2n) is 3.39. The minimum absolute atomic E-state index is 0.0660. The Morgan fingerprint density at radius 1 is 1.25 bits per heavy atom. The summed E-state index contributed by atoms with van der Waals surface area (Å²) in [5.74, 6) is 0. The van der Waals surface area contributed by atoms with Crippen LogP contribution in [0, 0.1) is 0 Å². The number of hydrogen-bond donors (Lipinski definition) is 3. The van der Waals surface area contributed by atoms with Crippen LogP contribution in [-0.4, -0.2) is 46.3 Å². The molecular formula is C8H18O4. The molecule has 0 radical (unpaired) electrons. The van der Waals surface area contributed by atoms with E-state index in [1.54, 1.807) is 6.92 Å². The van der Waals surface area contributed by atoms with Crippen molar-refractivity contribution < 1.29 is 20.1 Å². The summed E-state index contributed by atoms with van der Waals surface area (Å²) in [5, 5.41) is 28.0. The van der Waals surface area contributed by atoms with E-state index in [-0.39, 0.29) is 6.61 Å². The van der Waals surface area contributed by atoms with Crippen LogP contribution in [0.25, 0.3) is 0 Å². The minimum Gasteiger partial charge on any atom is -0.393 e. The van der Waals surface area contributed by atoms with Crippen LogP contribution in [0.5, 0.6) is 0 Å². The molecule has 0 bridgehead atoms. The van der Waals surface area contributed by atoms with Gasteiger partial charge in [-0.2, -0.15) is 0 Å². The van der Waals surface area contributed by atoms with Crippen LogP contribution < -0.4 is 0 Å². The van der Waals surface area contributed by atoms with E-state index in [1.165, 1.54) is 13.8 Å². The Balaban J connectivity index is 4.24. The molecule has 12 heavy (non-hydrogen) atoms. The summed E-state index contributed by atoms with van der Waals surface area (Å²) in [6.45, 7) is 4.50. The molecular weight excluding hydrogens is 160 g/mol. The fourth-order valence-corrected chi connectivity index (χ4v) is 0.687. The third-order valence-electron chi connectivity index (χ3n) is 1.95. The third kappa shape index (κ3) is 2.71. The van der Waals surface area contributed by atoms with Gasteiger partial charge in [-0.3, -0.25) is 0 Å². The van der Waals surface area contributed by atoms with Crippen molar-refractivity contribution in [2.75, 3.05) is 19.8 Å². The van der Waals surface area contributed by atoms with Gasteiger partial charge >= 0.3 is 0 Å². The Labute approximate surface area is 72.8 Å². The molecule has 0 fully saturated rings. The molecule has 0 aliphatic rings. The molecule has 1 atom stereocenters. The largest absolute Gasteiger partial charge is 0.393 e. The summed E-state index contributed by atoms with van der Waals surface area (Å²) in [7, 11) is 0. The molecule has 3 N–H and O–H groups in total. The number of aliphatic hydroxyl groups is 3. The molecule has 0 rings (SSSR count). The lowest BCUT2D eigenvalue weighted by Gasteiger charge is -2.36. The molecule has 0 saturated carbocycles. The van der Waals surface area contributed by atoms with Crippen LogP contribution in [-0.2, 0) is 4.74 Å². The molecule has 0 aromatic heterocycles. The first kappa shape index (κ1) is 11.8. The van der Waals surface area contributed by atoms with E-state index >= 15 is 0 Å². The standard InChI is InChI=1S/C8H18O4/c1-4-12-6-8(11,5-9)7(2,3)10/h9-11H,4-6H2,1-3H3. The Morgan fingerprint density at radius 3 is 2.00 bits per heavy atom. The maximum Gasteiger partial charge on any atom is 0.139 e. The summed E-state index contributed by atoms with van der Waals surface area (Å²) in [4.78, 5) is 0. The number of aliphatic hydroxyl groups excluding tert-OH is 1. The van der Waals surface area contributed by atoms with E-state index < -0.39 is 17.8 Å². The summed E-state index contributed by atoms with van der Waals surface area (Å²) < 4.78 is 4.95. The maximum absolute atomic E-state index is 9.66. The molecule has 4 heteroatoms. The Hall–Kier alpha value is -0.160. The fraction of sp³-hybridized carbons (Fsp3) is 1.00. The number of rotatable bonds is 5. The van der Waals surface area contributed by atoms with Crippen LogP contribution in [0.3, 0.4) is 0 Å². The monoisotopic (exact) mass is 178 g/mol. The van der Waals surface area contributed by atoms with Gasteiger partial charge < -0.3 is 20.1 Å². The van der Waals surface area contributed by atoms with E-state index in [2.05, 4.69) is 0 Å². The van der Waals surface area contributed by atoms with Gasteiger partial charge in [0, 0.05) is 6.61 Å². The van der Waals surface area contributed by atoms with Gasteiger partial charge in [0.05, 0.1) is 18.8 Å². The van der Waals surface area contributed by atoms with Crippen LogP contribution >= 0.6 is 0 Å². The van der Waals surface area contributed by atoms with Gasteiger partial charge in [0.15, 0.2) is 0 Å². The van der Waals surface area contributed by atoms with Crippen molar-refractivity contribution in [3.8, 4) is 0 Å². The molecule has 0 spiro atoms. The highest BCUT2D eigenvalue weighted by Gasteiger charge is 2.41. The number of ether oxygens (including phenoxy) is 1. The van der Waals surface area contributed by atoms with Crippen molar-refractivity contribution in [3.05, 3.63) is 0 Å². The summed E-state index contributed by atoms with van der Waals surface area (Å²) in [6, 6.07) is 0. The lowest BCUT2D eigenvalue weighted by atomic mass is 9.87. The van der Waals surface area contributed by atoms with Crippen LogP contribution in [0.1, 0.15) is 20.8 Å². The third-order valence-corrected chi connectivity index (χ3v) is 1.95. The van der Waals surface area contributed by atoms with Crippen LogP contribution in [0.15, 0.2) is 0 Å². The minimum atomic E-state index is -1.58. The summed E-state index contributed by atoms with van der Waals surface area (Å²) in [6.07, 6.45) is 0. The van der Waals surface area contributed by atoms with Crippen molar-refractivity contribution in [3.63, 3.8) is 0 Å². The first-order chi connectivity index (χ1) is 5.37. The van der Waals surface area contributed by atoms with Gasteiger partial charge in [0.2, 0.25) is 0 Å². The van der Waals surface area contributed by atoms with Crippen molar-refractivity contribution in [1.82, 2.24) is 0 Å². The molecule has 0 aliphatic carbocycles. The molecule has 0 aromatic rings. The second kappa shape index (κ2) is 4.18. The van der Waals surface area contributed by atoms with Gasteiger partial charge in [0.25, 0.3) is 0 Å². The average Bonchev–Trinajstić information content (AvgIpc) is 1.98. The Bertz CT molecular complexity index is 130. The van der Waals surface area contributed by atoms with Gasteiger partial charge in [-0.15, -0.1) is 0 Å². The smallest absolute Gasteiger partial charge is 0.139 e. The second-order valence-corrected chi connectivity index (χ2v) is 3.39. The predicted octanol–water partition coefficient (Wildman–Crippen LogP) is -0.483. The Morgan fingerprint density at radius 2 is 1.75 bits per heavy atom. The molecule has 0 heterocycles. The summed E-state index contributed by atoms with van der Waals surface area (Å²) >= 11 is 0. The number of hydrogen-bond acceptors (Lipinski definition) is 4. The SMILES string of the molecule is CCOCC(O)(CO)C(C)(C)O. The van der Waals surface area contributed by atoms with E-state index in [0.29, 0.717) is 6.61 Å². The average molecular weight is 178 g/mol. The van der Waals surface area contributed by atoms with Gasteiger partial charge in [-0.25, -0.2) is 0 Å². The van der Waals surface area contributed by atoms with Gasteiger partial charge in [-0.1, -0.05) is 0 Å². The van der Waals surface area contributed by atoms with Crippen molar-refractivity contribution >= 4 is 0 Å². The Kier molecular flexibility index (Phi) is 4.13. The van der Waals surface area contributed by atoms with E-state index in [1.807, 2.05) is 0 Å². The zero-order chi connectivity index (χ0) is 9.83. The van der Waals surface area contributed by atoms with Crippen LogP contribution in [0.2, 0.25) is 0 Å². The molecule has 74 valence electrons. The topological polar surface area (TPSA) is 69.9 Å². The molecule has 0 aliphatic heterocycles. The van der Waals surface area contributed by atoms with Crippen molar-refractivity contribution in [2.45, 2.75) is 32.0 Å².